The molecule has 0 saturated carbocycles. The molecule has 4 heteroatoms. The molecule has 0 spiro atoms. The minimum absolute atomic E-state index is 0.525. The second-order valence-corrected chi connectivity index (χ2v) is 5.05. The second kappa shape index (κ2) is 10.2. The predicted molar refractivity (Wildman–Crippen MR) is 79.9 cm³/mol. The normalized spacial score (nSPS) is 12.6. The number of ether oxygens (including phenoxy) is 2. The van der Waals surface area contributed by atoms with E-state index in [0.717, 1.165) is 44.2 Å². The monoisotopic (exact) mass is 285 g/mol. The van der Waals surface area contributed by atoms with Crippen molar-refractivity contribution in [1.82, 2.24) is 5.32 Å². The third-order valence-corrected chi connectivity index (χ3v) is 3.48. The molecule has 1 aromatic rings. The molecule has 0 aliphatic rings. The Morgan fingerprint density at radius 1 is 1.16 bits per heavy atom. The summed E-state index contributed by atoms with van der Waals surface area (Å²) >= 11 is 6.21. The summed E-state index contributed by atoms with van der Waals surface area (Å²) in [7, 11) is 3.46. The molecule has 0 aliphatic heterocycles. The van der Waals surface area contributed by atoms with Gasteiger partial charge in [-0.05, 0) is 36.9 Å². The van der Waals surface area contributed by atoms with Crippen LogP contribution < -0.4 is 5.32 Å². The van der Waals surface area contributed by atoms with Crippen molar-refractivity contribution in [2.45, 2.75) is 12.8 Å². The van der Waals surface area contributed by atoms with Gasteiger partial charge in [0.1, 0.15) is 0 Å². The van der Waals surface area contributed by atoms with E-state index in [1.54, 1.807) is 14.2 Å². The lowest BCUT2D eigenvalue weighted by Crippen LogP contribution is -2.28. The predicted octanol–water partition coefficient (Wildman–Crippen LogP) is 2.77. The van der Waals surface area contributed by atoms with Crippen molar-refractivity contribution in [2.24, 2.45) is 5.92 Å². The first-order valence-corrected chi connectivity index (χ1v) is 7.07. The maximum Gasteiger partial charge on any atom is 0.0587 e. The summed E-state index contributed by atoms with van der Waals surface area (Å²) in [6.07, 6.45) is 2.00. The molecule has 1 N–H and O–H groups in total. The van der Waals surface area contributed by atoms with Gasteiger partial charge < -0.3 is 14.8 Å². The van der Waals surface area contributed by atoms with Crippen LogP contribution in [0.4, 0.5) is 0 Å². The molecule has 0 saturated heterocycles. The van der Waals surface area contributed by atoms with E-state index in [9.17, 15) is 0 Å². The van der Waals surface area contributed by atoms with E-state index in [1.807, 2.05) is 18.2 Å². The van der Waals surface area contributed by atoms with Gasteiger partial charge in [0, 0.05) is 32.4 Å². The van der Waals surface area contributed by atoms with Gasteiger partial charge in [0.25, 0.3) is 0 Å². The average Bonchev–Trinajstić information content (AvgIpc) is 2.43. The fourth-order valence-electron chi connectivity index (χ4n) is 2.02. The number of nitrogens with one attached hydrogen (secondary N) is 1. The highest BCUT2D eigenvalue weighted by molar-refractivity contribution is 6.31. The summed E-state index contributed by atoms with van der Waals surface area (Å²) in [5.74, 6) is 0.525. The minimum Gasteiger partial charge on any atom is -0.385 e. The van der Waals surface area contributed by atoms with Crippen LogP contribution in [0, 0.1) is 5.92 Å². The highest BCUT2D eigenvalue weighted by Crippen LogP contribution is 2.20. The van der Waals surface area contributed by atoms with E-state index in [4.69, 9.17) is 21.1 Å². The van der Waals surface area contributed by atoms with Gasteiger partial charge in [-0.2, -0.15) is 0 Å². The fourth-order valence-corrected chi connectivity index (χ4v) is 2.23. The van der Waals surface area contributed by atoms with Gasteiger partial charge in [0.15, 0.2) is 0 Å². The van der Waals surface area contributed by atoms with Crippen molar-refractivity contribution in [2.75, 3.05) is 40.5 Å². The van der Waals surface area contributed by atoms with Crippen LogP contribution >= 0.6 is 11.6 Å². The number of hydrogen-bond acceptors (Lipinski definition) is 3. The molecule has 0 bridgehead atoms. The maximum absolute atomic E-state index is 6.21. The summed E-state index contributed by atoms with van der Waals surface area (Å²) in [5, 5.41) is 4.26. The van der Waals surface area contributed by atoms with Crippen LogP contribution in [0.5, 0.6) is 0 Å². The third kappa shape index (κ3) is 6.92. The van der Waals surface area contributed by atoms with Crippen molar-refractivity contribution in [1.29, 1.82) is 0 Å². The van der Waals surface area contributed by atoms with Gasteiger partial charge in [0.2, 0.25) is 0 Å². The van der Waals surface area contributed by atoms with E-state index in [0.29, 0.717) is 5.92 Å². The van der Waals surface area contributed by atoms with Crippen LogP contribution in [-0.4, -0.2) is 40.5 Å². The Hall–Kier alpha value is -0.610. The topological polar surface area (TPSA) is 30.5 Å². The largest absolute Gasteiger partial charge is 0.385 e. The van der Waals surface area contributed by atoms with Crippen molar-refractivity contribution < 1.29 is 9.47 Å². The summed E-state index contributed by atoms with van der Waals surface area (Å²) in [6, 6.07) is 8.04. The Kier molecular flexibility index (Phi) is 8.84. The van der Waals surface area contributed by atoms with Gasteiger partial charge in [-0.3, -0.25) is 0 Å². The molecule has 0 fully saturated rings. The highest BCUT2D eigenvalue weighted by atomic mass is 35.5. The van der Waals surface area contributed by atoms with E-state index < -0.39 is 0 Å². The molecule has 0 heterocycles. The summed E-state index contributed by atoms with van der Waals surface area (Å²) in [5.41, 5.74) is 1.21. The lowest BCUT2D eigenvalue weighted by Gasteiger charge is -2.18. The quantitative estimate of drug-likeness (QED) is 0.671. The average molecular weight is 286 g/mol. The van der Waals surface area contributed by atoms with Crippen molar-refractivity contribution >= 4 is 11.6 Å². The Morgan fingerprint density at radius 3 is 2.58 bits per heavy atom. The van der Waals surface area contributed by atoms with Crippen LogP contribution in [0.1, 0.15) is 12.0 Å². The van der Waals surface area contributed by atoms with Gasteiger partial charge in [-0.1, -0.05) is 29.8 Å². The SMILES string of the molecule is COCCNCC(CCOC)Cc1ccccc1Cl. The molecule has 1 atom stereocenters. The molecule has 0 radical (unpaired) electrons. The Balaban J connectivity index is 2.46. The molecule has 1 unspecified atom stereocenters. The molecule has 0 aliphatic carbocycles. The zero-order valence-corrected chi connectivity index (χ0v) is 12.6. The lowest BCUT2D eigenvalue weighted by atomic mass is 9.96. The van der Waals surface area contributed by atoms with Crippen LogP contribution in [0.2, 0.25) is 5.02 Å². The standard InChI is InChI=1S/C15H24ClNO2/c1-18-9-7-13(12-17-8-10-19-2)11-14-5-3-4-6-15(14)16/h3-6,13,17H,7-12H2,1-2H3. The van der Waals surface area contributed by atoms with Gasteiger partial charge in [-0.25, -0.2) is 0 Å². The number of halogens is 1. The van der Waals surface area contributed by atoms with E-state index in [-0.39, 0.29) is 0 Å². The van der Waals surface area contributed by atoms with Crippen LogP contribution in [0.25, 0.3) is 0 Å². The van der Waals surface area contributed by atoms with Crippen LogP contribution in [-0.2, 0) is 15.9 Å². The van der Waals surface area contributed by atoms with Crippen molar-refractivity contribution in [3.8, 4) is 0 Å². The van der Waals surface area contributed by atoms with E-state index in [1.165, 1.54) is 5.56 Å². The number of benzene rings is 1. The maximum atomic E-state index is 6.21. The molecule has 0 amide bonds. The van der Waals surface area contributed by atoms with E-state index >= 15 is 0 Å². The molecule has 1 aromatic carbocycles. The molecule has 19 heavy (non-hydrogen) atoms. The molecule has 1 rings (SSSR count). The summed E-state index contributed by atoms with van der Waals surface area (Å²) < 4.78 is 10.2. The fraction of sp³-hybridized carbons (Fsp3) is 0.600. The molecule has 3 nitrogen and oxygen atoms in total. The molecular formula is C15H24ClNO2. The third-order valence-electron chi connectivity index (χ3n) is 3.11. The number of methoxy groups -OCH3 is 2. The number of rotatable bonds is 10. The van der Waals surface area contributed by atoms with Gasteiger partial charge in [0.05, 0.1) is 6.61 Å². The minimum atomic E-state index is 0.525. The summed E-state index contributed by atoms with van der Waals surface area (Å²) in [4.78, 5) is 0. The van der Waals surface area contributed by atoms with Gasteiger partial charge in [-0.15, -0.1) is 0 Å². The van der Waals surface area contributed by atoms with Crippen molar-refractivity contribution in [3.63, 3.8) is 0 Å². The second-order valence-electron chi connectivity index (χ2n) is 4.64. The lowest BCUT2D eigenvalue weighted by molar-refractivity contribution is 0.172. The van der Waals surface area contributed by atoms with Gasteiger partial charge >= 0.3 is 0 Å². The van der Waals surface area contributed by atoms with Crippen molar-refractivity contribution in [3.05, 3.63) is 34.9 Å². The first kappa shape index (κ1) is 16.4. The molecular weight excluding hydrogens is 262 g/mol. The zero-order chi connectivity index (χ0) is 13.9. The van der Waals surface area contributed by atoms with Crippen LogP contribution in [0.15, 0.2) is 24.3 Å². The number of hydrogen-bond donors (Lipinski definition) is 1. The Morgan fingerprint density at radius 2 is 1.89 bits per heavy atom. The summed E-state index contributed by atoms with van der Waals surface area (Å²) in [6.45, 7) is 3.35. The van der Waals surface area contributed by atoms with Crippen LogP contribution in [0.3, 0.4) is 0 Å². The van der Waals surface area contributed by atoms with E-state index in [2.05, 4.69) is 11.4 Å². The first-order chi connectivity index (χ1) is 9.27. The smallest absolute Gasteiger partial charge is 0.0587 e. The molecule has 108 valence electrons. The Bertz CT molecular complexity index is 347. The highest BCUT2D eigenvalue weighted by Gasteiger charge is 2.11. The first-order valence-electron chi connectivity index (χ1n) is 6.70. The molecule has 0 aromatic heterocycles. The zero-order valence-electron chi connectivity index (χ0n) is 11.8. The Labute approximate surface area is 121 Å².